The van der Waals surface area contributed by atoms with Crippen LogP contribution in [0.3, 0.4) is 0 Å². The van der Waals surface area contributed by atoms with Gasteiger partial charge in [-0.05, 0) is 54.8 Å². The first kappa shape index (κ1) is 23.6. The number of carbonyl (C=O) groups excluding carboxylic acids is 1. The van der Waals surface area contributed by atoms with Gasteiger partial charge in [0.2, 0.25) is 0 Å². The molecule has 35 heavy (non-hydrogen) atoms. The lowest BCUT2D eigenvalue weighted by atomic mass is 10.0. The summed E-state index contributed by atoms with van der Waals surface area (Å²) >= 11 is 12.6. The largest absolute Gasteiger partial charge is 0.348 e. The summed E-state index contributed by atoms with van der Waals surface area (Å²) < 4.78 is 1.88. The molecule has 1 aliphatic heterocycles. The Morgan fingerprint density at radius 3 is 2.31 bits per heavy atom. The second-order valence-corrected chi connectivity index (χ2v) is 9.63. The summed E-state index contributed by atoms with van der Waals surface area (Å²) in [4.78, 5) is 20.3. The van der Waals surface area contributed by atoms with Crippen molar-refractivity contribution in [2.75, 3.05) is 13.1 Å². The number of benzene rings is 3. The number of carbonyl (C=O) groups is 1. The highest BCUT2D eigenvalue weighted by molar-refractivity contribution is 6.33. The third kappa shape index (κ3) is 5.59. The van der Waals surface area contributed by atoms with E-state index in [0.29, 0.717) is 21.6 Å². The number of imidazole rings is 1. The van der Waals surface area contributed by atoms with Crippen molar-refractivity contribution < 1.29 is 4.79 Å². The van der Waals surface area contributed by atoms with Crippen molar-refractivity contribution in [2.24, 2.45) is 0 Å². The summed E-state index contributed by atoms with van der Waals surface area (Å²) in [5, 5.41) is 4.41. The van der Waals surface area contributed by atoms with E-state index in [1.807, 2.05) is 59.2 Å². The second-order valence-electron chi connectivity index (χ2n) is 8.79. The lowest BCUT2D eigenvalue weighted by Crippen LogP contribution is -2.44. The number of piperidine rings is 1. The Morgan fingerprint density at radius 1 is 0.914 bits per heavy atom. The number of hydrogen-bond acceptors (Lipinski definition) is 3. The summed E-state index contributed by atoms with van der Waals surface area (Å²) in [5.74, 6) is 0.438. The quantitative estimate of drug-likeness (QED) is 0.338. The fourth-order valence-electron chi connectivity index (χ4n) is 4.46. The van der Waals surface area contributed by atoms with Gasteiger partial charge in [-0.2, -0.15) is 0 Å². The van der Waals surface area contributed by atoms with Crippen LogP contribution < -0.4 is 5.32 Å². The highest BCUT2D eigenvalue weighted by Crippen LogP contribution is 2.30. The van der Waals surface area contributed by atoms with Crippen LogP contribution in [-0.4, -0.2) is 39.5 Å². The van der Waals surface area contributed by atoms with Gasteiger partial charge in [0, 0.05) is 48.1 Å². The maximum absolute atomic E-state index is 13.2. The molecule has 3 aromatic carbocycles. The first-order valence-corrected chi connectivity index (χ1v) is 12.5. The van der Waals surface area contributed by atoms with E-state index in [4.69, 9.17) is 28.2 Å². The Balaban J connectivity index is 1.31. The minimum atomic E-state index is -0.174. The first-order valence-electron chi connectivity index (χ1n) is 11.7. The zero-order valence-electron chi connectivity index (χ0n) is 19.2. The molecule has 1 fully saturated rings. The van der Waals surface area contributed by atoms with E-state index in [2.05, 4.69) is 34.5 Å². The zero-order valence-corrected chi connectivity index (χ0v) is 20.7. The summed E-state index contributed by atoms with van der Waals surface area (Å²) in [5.41, 5.74) is 3.29. The van der Waals surface area contributed by atoms with Crippen LogP contribution in [0.25, 0.3) is 17.1 Å². The van der Waals surface area contributed by atoms with Crippen LogP contribution in [0.4, 0.5) is 0 Å². The first-order chi connectivity index (χ1) is 17.1. The molecule has 5 nitrogen and oxygen atoms in total. The monoisotopic (exact) mass is 504 g/mol. The van der Waals surface area contributed by atoms with Gasteiger partial charge in [0.25, 0.3) is 5.91 Å². The van der Waals surface area contributed by atoms with Crippen LogP contribution >= 0.6 is 23.2 Å². The fraction of sp³-hybridized carbons (Fsp3) is 0.214. The third-order valence-electron chi connectivity index (χ3n) is 6.33. The normalized spacial score (nSPS) is 14.7. The van der Waals surface area contributed by atoms with Gasteiger partial charge in [-0.15, -0.1) is 0 Å². The van der Waals surface area contributed by atoms with E-state index in [9.17, 15) is 4.79 Å². The molecule has 178 valence electrons. The number of likely N-dealkylation sites (tertiary alicyclic amines) is 1. The third-order valence-corrected chi connectivity index (χ3v) is 6.91. The standard InChI is InChI=1S/C28H26Cl2N4O/c29-21-10-12-23(13-11-21)34-19-26(32-27(34)24-8-4-5-9-25(24)30)28(35)31-22-14-16-33(17-15-22)18-20-6-2-1-3-7-20/h1-13,19,22H,14-18H2,(H,31,35). The maximum Gasteiger partial charge on any atom is 0.271 e. The van der Waals surface area contributed by atoms with Crippen molar-refractivity contribution in [3.05, 3.63) is 106 Å². The van der Waals surface area contributed by atoms with Crippen molar-refractivity contribution >= 4 is 29.1 Å². The molecule has 4 aromatic rings. The Bertz CT molecular complexity index is 1300. The van der Waals surface area contributed by atoms with E-state index in [1.165, 1.54) is 5.56 Å². The number of hydrogen-bond donors (Lipinski definition) is 1. The smallest absolute Gasteiger partial charge is 0.271 e. The summed E-state index contributed by atoms with van der Waals surface area (Å²) in [6.45, 7) is 2.84. The molecule has 0 aliphatic carbocycles. The van der Waals surface area contributed by atoms with Gasteiger partial charge >= 0.3 is 0 Å². The number of aromatic nitrogens is 2. The molecule has 0 spiro atoms. The van der Waals surface area contributed by atoms with Crippen LogP contribution in [0.1, 0.15) is 28.9 Å². The minimum absolute atomic E-state index is 0.124. The molecule has 7 heteroatoms. The van der Waals surface area contributed by atoms with Crippen LogP contribution in [0.15, 0.2) is 85.1 Å². The molecule has 5 rings (SSSR count). The molecule has 1 saturated heterocycles. The van der Waals surface area contributed by atoms with Crippen LogP contribution in [0, 0.1) is 0 Å². The van der Waals surface area contributed by atoms with E-state index >= 15 is 0 Å². The lowest BCUT2D eigenvalue weighted by molar-refractivity contribution is 0.0904. The fourth-order valence-corrected chi connectivity index (χ4v) is 4.80. The molecule has 0 atom stereocenters. The van der Waals surface area contributed by atoms with Crippen molar-refractivity contribution in [3.8, 4) is 17.1 Å². The van der Waals surface area contributed by atoms with E-state index in [-0.39, 0.29) is 11.9 Å². The SMILES string of the molecule is O=C(NC1CCN(Cc2ccccc2)CC1)c1cn(-c2ccc(Cl)cc2)c(-c2ccccc2Cl)n1. The molecule has 0 saturated carbocycles. The van der Waals surface area contributed by atoms with Crippen molar-refractivity contribution in [2.45, 2.75) is 25.4 Å². The highest BCUT2D eigenvalue weighted by atomic mass is 35.5. The molecular formula is C28H26Cl2N4O. The topological polar surface area (TPSA) is 50.2 Å². The Kier molecular flexibility index (Phi) is 7.19. The number of rotatable bonds is 6. The van der Waals surface area contributed by atoms with Gasteiger partial charge in [0.1, 0.15) is 11.5 Å². The summed E-state index contributed by atoms with van der Waals surface area (Å²) in [6.07, 6.45) is 3.59. The molecule has 2 heterocycles. The van der Waals surface area contributed by atoms with E-state index < -0.39 is 0 Å². The number of nitrogens with one attached hydrogen (secondary N) is 1. The Hall–Kier alpha value is -3.12. The second kappa shape index (κ2) is 10.6. The van der Waals surface area contributed by atoms with Gasteiger partial charge in [0.05, 0.1) is 5.02 Å². The Morgan fingerprint density at radius 2 is 1.60 bits per heavy atom. The van der Waals surface area contributed by atoms with Gasteiger partial charge in [0.15, 0.2) is 0 Å². The molecular weight excluding hydrogens is 479 g/mol. The summed E-state index contributed by atoms with van der Waals surface area (Å²) in [6, 6.07) is 25.5. The van der Waals surface area contributed by atoms with Crippen molar-refractivity contribution in [1.29, 1.82) is 0 Å². The van der Waals surface area contributed by atoms with Crippen LogP contribution in [-0.2, 0) is 6.54 Å². The Labute approximate surface area is 215 Å². The molecule has 0 unspecified atom stereocenters. The zero-order chi connectivity index (χ0) is 24.2. The highest BCUT2D eigenvalue weighted by Gasteiger charge is 2.24. The van der Waals surface area contributed by atoms with Gasteiger partial charge in [-0.1, -0.05) is 65.7 Å². The van der Waals surface area contributed by atoms with Crippen LogP contribution in [0.2, 0.25) is 10.0 Å². The minimum Gasteiger partial charge on any atom is -0.348 e. The predicted octanol–water partition coefficient (Wildman–Crippen LogP) is 6.24. The number of nitrogens with zero attached hydrogens (tertiary/aromatic N) is 3. The average molecular weight is 505 g/mol. The average Bonchev–Trinajstić information content (AvgIpc) is 3.32. The summed E-state index contributed by atoms with van der Waals surface area (Å²) in [7, 11) is 0. The van der Waals surface area contributed by atoms with Gasteiger partial charge < -0.3 is 5.32 Å². The molecule has 0 bridgehead atoms. The molecule has 0 radical (unpaired) electrons. The van der Waals surface area contributed by atoms with Crippen molar-refractivity contribution in [1.82, 2.24) is 19.8 Å². The molecule has 1 aromatic heterocycles. The predicted molar refractivity (Wildman–Crippen MR) is 141 cm³/mol. The van der Waals surface area contributed by atoms with Crippen LogP contribution in [0.5, 0.6) is 0 Å². The van der Waals surface area contributed by atoms with Gasteiger partial charge in [-0.25, -0.2) is 4.98 Å². The molecule has 1 aliphatic rings. The van der Waals surface area contributed by atoms with Crippen molar-refractivity contribution in [3.63, 3.8) is 0 Å². The molecule has 1 N–H and O–H groups in total. The lowest BCUT2D eigenvalue weighted by Gasteiger charge is -2.32. The number of halogens is 2. The molecule has 1 amide bonds. The maximum atomic E-state index is 13.2. The van der Waals surface area contributed by atoms with E-state index in [1.54, 1.807) is 6.20 Å². The van der Waals surface area contributed by atoms with Gasteiger partial charge in [-0.3, -0.25) is 14.3 Å². The number of amides is 1. The van der Waals surface area contributed by atoms with E-state index in [0.717, 1.165) is 43.7 Å².